The summed E-state index contributed by atoms with van der Waals surface area (Å²) >= 11 is 4.54. The number of amides is 1. The lowest BCUT2D eigenvalue weighted by Gasteiger charge is -2.11. The lowest BCUT2D eigenvalue weighted by atomic mass is 10.3. The topological polar surface area (TPSA) is 121 Å². The van der Waals surface area contributed by atoms with Crippen molar-refractivity contribution in [1.82, 2.24) is 29.9 Å². The maximum atomic E-state index is 13.0. The molecule has 0 bridgehead atoms. The number of carbonyl (C=O) groups excluding carboxylic acids is 1. The van der Waals surface area contributed by atoms with E-state index in [0.29, 0.717) is 27.7 Å². The zero-order valence-corrected chi connectivity index (χ0v) is 17.0. The molecule has 0 unspecified atom stereocenters. The largest absolute Gasteiger partial charge is 0.308 e. The van der Waals surface area contributed by atoms with Crippen molar-refractivity contribution in [3.63, 3.8) is 0 Å². The molecule has 0 aliphatic rings. The lowest BCUT2D eigenvalue weighted by molar-refractivity contribution is -0.113. The van der Waals surface area contributed by atoms with Gasteiger partial charge < -0.3 is 5.32 Å². The van der Waals surface area contributed by atoms with Crippen LogP contribution in [0.3, 0.4) is 0 Å². The normalized spacial score (nSPS) is 11.1. The minimum Gasteiger partial charge on any atom is -0.308 e. The summed E-state index contributed by atoms with van der Waals surface area (Å²) in [4.78, 5) is 29.7. The van der Waals surface area contributed by atoms with Gasteiger partial charge in [0.05, 0.1) is 17.6 Å². The van der Waals surface area contributed by atoms with Crippen molar-refractivity contribution < 1.29 is 4.79 Å². The molecule has 0 saturated heterocycles. The predicted octanol–water partition coefficient (Wildman–Crippen LogP) is 2.63. The number of hydrogen-bond donors (Lipinski definition) is 3. The van der Waals surface area contributed by atoms with Crippen LogP contribution in [0.25, 0.3) is 16.7 Å². The van der Waals surface area contributed by atoms with Gasteiger partial charge >= 0.3 is 0 Å². The van der Waals surface area contributed by atoms with Crippen molar-refractivity contribution in [3.8, 4) is 5.69 Å². The minimum absolute atomic E-state index is 0.0640. The Morgan fingerprint density at radius 3 is 2.79 bits per heavy atom. The van der Waals surface area contributed by atoms with E-state index in [9.17, 15) is 9.59 Å². The fraction of sp³-hybridized carbons (Fsp3) is 0.118. The Morgan fingerprint density at radius 2 is 2.07 bits per heavy atom. The highest BCUT2D eigenvalue weighted by Gasteiger charge is 2.16. The molecule has 142 valence electrons. The number of aromatic amines is 2. The summed E-state index contributed by atoms with van der Waals surface area (Å²) in [6.45, 7) is 1.85. The molecule has 0 saturated carbocycles. The smallest absolute Gasteiger partial charge is 0.269 e. The van der Waals surface area contributed by atoms with Gasteiger partial charge in [-0.2, -0.15) is 10.2 Å². The number of anilines is 1. The highest BCUT2D eigenvalue weighted by molar-refractivity contribution is 9.10. The summed E-state index contributed by atoms with van der Waals surface area (Å²) in [5, 5.41) is 16.8. The average molecular weight is 460 g/mol. The number of aromatic nitrogens is 6. The van der Waals surface area contributed by atoms with Crippen LogP contribution in [0.2, 0.25) is 0 Å². The van der Waals surface area contributed by atoms with E-state index < -0.39 is 0 Å². The zero-order chi connectivity index (χ0) is 19.7. The fourth-order valence-electron chi connectivity index (χ4n) is 2.58. The number of nitrogens with one attached hydrogen (secondary N) is 3. The number of halogens is 1. The Balaban J connectivity index is 1.65. The Kier molecular flexibility index (Phi) is 5.01. The van der Waals surface area contributed by atoms with Crippen LogP contribution >= 0.6 is 27.7 Å². The van der Waals surface area contributed by atoms with E-state index in [0.717, 1.165) is 21.9 Å². The Labute approximate surface area is 171 Å². The third-order valence-corrected chi connectivity index (χ3v) is 5.31. The van der Waals surface area contributed by atoms with Crippen LogP contribution in [0.4, 0.5) is 5.82 Å². The van der Waals surface area contributed by atoms with E-state index in [1.165, 1.54) is 10.8 Å². The summed E-state index contributed by atoms with van der Waals surface area (Å²) in [5.74, 6) is 0.261. The minimum atomic E-state index is -0.257. The van der Waals surface area contributed by atoms with E-state index >= 15 is 0 Å². The zero-order valence-electron chi connectivity index (χ0n) is 14.6. The van der Waals surface area contributed by atoms with Gasteiger partial charge in [-0.25, -0.2) is 4.98 Å². The van der Waals surface area contributed by atoms with E-state index in [-0.39, 0.29) is 17.2 Å². The number of hydrogen-bond acceptors (Lipinski definition) is 6. The van der Waals surface area contributed by atoms with E-state index in [1.54, 1.807) is 18.2 Å². The standard InChI is InChI=1S/C17H14BrN7O2S/c1-9-6-13(23-22-9)20-14(26)8-28-17-21-15-12(7-19-24-15)16(27)25(17)11-4-2-10(18)3-5-11/h2-7H,8H2,1H3,(H,19,24)(H2,20,22,23,26). The molecule has 0 radical (unpaired) electrons. The Bertz CT molecular complexity index is 1210. The first-order chi connectivity index (χ1) is 13.5. The number of fused-ring (bicyclic) bond motifs is 1. The van der Waals surface area contributed by atoms with Crippen LogP contribution in [-0.2, 0) is 4.79 Å². The number of carbonyl (C=O) groups is 1. The summed E-state index contributed by atoms with van der Waals surface area (Å²) in [7, 11) is 0. The monoisotopic (exact) mass is 459 g/mol. The second-order valence-electron chi connectivity index (χ2n) is 5.92. The molecule has 28 heavy (non-hydrogen) atoms. The van der Waals surface area contributed by atoms with Crippen molar-refractivity contribution >= 4 is 50.5 Å². The van der Waals surface area contributed by atoms with Crippen molar-refractivity contribution in [2.45, 2.75) is 12.1 Å². The molecule has 0 aliphatic carbocycles. The molecule has 0 fully saturated rings. The Morgan fingerprint density at radius 1 is 1.29 bits per heavy atom. The number of nitrogens with zero attached hydrogens (tertiary/aromatic N) is 4. The summed E-state index contributed by atoms with van der Waals surface area (Å²) in [5.41, 5.74) is 1.61. The highest BCUT2D eigenvalue weighted by Crippen LogP contribution is 2.22. The Hall–Kier alpha value is -2.92. The quantitative estimate of drug-likeness (QED) is 0.311. The van der Waals surface area contributed by atoms with Gasteiger partial charge in [0.25, 0.3) is 5.56 Å². The number of rotatable bonds is 5. The van der Waals surface area contributed by atoms with Gasteiger partial charge in [-0.1, -0.05) is 27.7 Å². The van der Waals surface area contributed by atoms with Crippen LogP contribution in [0.5, 0.6) is 0 Å². The molecule has 11 heteroatoms. The predicted molar refractivity (Wildman–Crippen MR) is 110 cm³/mol. The maximum Gasteiger partial charge on any atom is 0.269 e. The molecule has 9 nitrogen and oxygen atoms in total. The number of H-pyrrole nitrogens is 2. The first-order valence-corrected chi connectivity index (χ1v) is 9.96. The van der Waals surface area contributed by atoms with Gasteiger partial charge in [-0.05, 0) is 31.2 Å². The molecule has 0 spiro atoms. The number of thioether (sulfide) groups is 1. The van der Waals surface area contributed by atoms with Gasteiger partial charge in [-0.3, -0.25) is 24.4 Å². The van der Waals surface area contributed by atoms with Gasteiger partial charge in [-0.15, -0.1) is 0 Å². The maximum absolute atomic E-state index is 13.0. The third kappa shape index (κ3) is 3.71. The molecule has 0 atom stereocenters. The summed E-state index contributed by atoms with van der Waals surface area (Å²) in [6.07, 6.45) is 1.45. The molecule has 4 aromatic rings. The van der Waals surface area contributed by atoms with Gasteiger partial charge in [0, 0.05) is 16.2 Å². The molecule has 4 rings (SSSR count). The number of benzene rings is 1. The van der Waals surface area contributed by atoms with Crippen molar-refractivity contribution in [2.75, 3.05) is 11.1 Å². The SMILES string of the molecule is Cc1cc(NC(=O)CSc2nc3[nH]ncc3c(=O)n2-c2ccc(Br)cc2)n[nH]1. The highest BCUT2D eigenvalue weighted by atomic mass is 79.9. The van der Waals surface area contributed by atoms with Crippen LogP contribution in [0.15, 0.2) is 51.0 Å². The van der Waals surface area contributed by atoms with Crippen LogP contribution in [0.1, 0.15) is 5.69 Å². The molecule has 3 aromatic heterocycles. The first-order valence-electron chi connectivity index (χ1n) is 8.18. The average Bonchev–Trinajstić information content (AvgIpc) is 3.30. The summed E-state index contributed by atoms with van der Waals surface area (Å²) < 4.78 is 2.37. The lowest BCUT2D eigenvalue weighted by Crippen LogP contribution is -2.22. The second-order valence-corrected chi connectivity index (χ2v) is 7.77. The van der Waals surface area contributed by atoms with Gasteiger partial charge in [0.15, 0.2) is 16.6 Å². The van der Waals surface area contributed by atoms with E-state index in [1.807, 2.05) is 19.1 Å². The molecule has 1 amide bonds. The third-order valence-electron chi connectivity index (χ3n) is 3.84. The van der Waals surface area contributed by atoms with Crippen molar-refractivity contribution in [3.05, 3.63) is 57.0 Å². The van der Waals surface area contributed by atoms with Crippen LogP contribution in [-0.4, -0.2) is 41.6 Å². The summed E-state index contributed by atoms with van der Waals surface area (Å²) in [6, 6.07) is 9.01. The van der Waals surface area contributed by atoms with Crippen LogP contribution < -0.4 is 10.9 Å². The van der Waals surface area contributed by atoms with Gasteiger partial charge in [0.1, 0.15) is 5.39 Å². The molecular weight excluding hydrogens is 446 g/mol. The first kappa shape index (κ1) is 18.4. The molecule has 3 heterocycles. The number of aryl methyl sites for hydroxylation is 1. The van der Waals surface area contributed by atoms with Crippen molar-refractivity contribution in [2.24, 2.45) is 0 Å². The molecule has 1 aromatic carbocycles. The second kappa shape index (κ2) is 7.60. The fourth-order valence-corrected chi connectivity index (χ4v) is 3.65. The molecule has 0 aliphatic heterocycles. The molecule has 3 N–H and O–H groups in total. The van der Waals surface area contributed by atoms with E-state index in [2.05, 4.69) is 46.6 Å². The van der Waals surface area contributed by atoms with Gasteiger partial charge in [0.2, 0.25) is 5.91 Å². The molecular formula is C17H14BrN7O2S. The van der Waals surface area contributed by atoms with E-state index in [4.69, 9.17) is 0 Å². The van der Waals surface area contributed by atoms with Crippen molar-refractivity contribution in [1.29, 1.82) is 0 Å². The van der Waals surface area contributed by atoms with Crippen LogP contribution in [0, 0.1) is 6.92 Å².